The lowest BCUT2D eigenvalue weighted by Crippen LogP contribution is -2.50. The molecule has 7 nitrogen and oxygen atoms in total. The van der Waals surface area contributed by atoms with Crippen molar-refractivity contribution in [2.45, 2.75) is 71.9 Å². The molecule has 1 aliphatic carbocycles. The number of hydrogen-bond donors (Lipinski definition) is 3. The molecule has 0 aliphatic heterocycles. The van der Waals surface area contributed by atoms with Gasteiger partial charge in [0.2, 0.25) is 0 Å². The number of nitrogen functional groups attached to an aromatic ring is 1. The number of nitrogens with two attached hydrogens (primary N) is 1. The maximum atomic E-state index is 12.5. The zero-order chi connectivity index (χ0) is 19.3. The van der Waals surface area contributed by atoms with E-state index >= 15 is 0 Å². The van der Waals surface area contributed by atoms with Crippen molar-refractivity contribution in [1.29, 1.82) is 0 Å². The molecule has 0 amide bonds. The summed E-state index contributed by atoms with van der Waals surface area (Å²) >= 11 is 5.59. The van der Waals surface area contributed by atoms with Gasteiger partial charge in [-0.3, -0.25) is 14.3 Å². The van der Waals surface area contributed by atoms with Gasteiger partial charge in [0.1, 0.15) is 5.82 Å². The van der Waals surface area contributed by atoms with Crippen molar-refractivity contribution in [3.63, 3.8) is 0 Å². The molecule has 0 spiro atoms. The van der Waals surface area contributed by atoms with Crippen LogP contribution in [0.2, 0.25) is 0 Å². The van der Waals surface area contributed by atoms with E-state index in [1.165, 1.54) is 23.8 Å². The summed E-state index contributed by atoms with van der Waals surface area (Å²) in [4.78, 5) is 28.7. The summed E-state index contributed by atoms with van der Waals surface area (Å²) in [5.41, 5.74) is 5.50. The van der Waals surface area contributed by atoms with Crippen LogP contribution in [0, 0.1) is 5.92 Å². The molecule has 2 rings (SSSR count). The Hall–Kier alpha value is -1.83. The first-order chi connectivity index (χ1) is 12.4. The van der Waals surface area contributed by atoms with Gasteiger partial charge in [0.05, 0.1) is 0 Å². The number of anilines is 2. The number of aromatic amines is 1. The molecule has 8 heteroatoms. The summed E-state index contributed by atoms with van der Waals surface area (Å²) in [6.45, 7) is 7.14. The van der Waals surface area contributed by atoms with E-state index in [0.717, 1.165) is 19.3 Å². The second-order valence-corrected chi connectivity index (χ2v) is 7.45. The zero-order valence-corrected chi connectivity index (χ0v) is 16.8. The van der Waals surface area contributed by atoms with Crippen LogP contribution in [0.4, 0.5) is 11.5 Å². The average molecular weight is 382 g/mol. The van der Waals surface area contributed by atoms with E-state index in [4.69, 9.17) is 18.0 Å². The van der Waals surface area contributed by atoms with E-state index < -0.39 is 11.2 Å². The Labute approximate surface area is 160 Å². The molecule has 0 saturated heterocycles. The van der Waals surface area contributed by atoms with Crippen molar-refractivity contribution in [3.8, 4) is 0 Å². The molecule has 1 aliphatic rings. The van der Waals surface area contributed by atoms with Gasteiger partial charge in [0, 0.05) is 19.1 Å². The van der Waals surface area contributed by atoms with E-state index in [9.17, 15) is 9.59 Å². The predicted octanol–water partition coefficient (Wildman–Crippen LogP) is 2.20. The molecule has 0 aromatic carbocycles. The molecule has 4 N–H and O–H groups in total. The Kier molecular flexibility index (Phi) is 7.25. The molecule has 1 heterocycles. The highest BCUT2D eigenvalue weighted by Crippen LogP contribution is 2.24. The van der Waals surface area contributed by atoms with Crippen LogP contribution in [0.5, 0.6) is 0 Å². The Morgan fingerprint density at radius 1 is 1.35 bits per heavy atom. The molecule has 0 unspecified atom stereocenters. The van der Waals surface area contributed by atoms with Gasteiger partial charge in [-0.1, -0.05) is 33.1 Å². The third-order valence-electron chi connectivity index (χ3n) is 5.20. The first kappa shape index (κ1) is 20.5. The van der Waals surface area contributed by atoms with Crippen molar-refractivity contribution in [2.75, 3.05) is 17.2 Å². The minimum absolute atomic E-state index is 0.176. The second kappa shape index (κ2) is 9.21. The number of nitrogens with one attached hydrogen (secondary N) is 2. The van der Waals surface area contributed by atoms with Gasteiger partial charge in [-0.2, -0.15) is 0 Å². The molecule has 1 aromatic heterocycles. The number of thiocarbonyl (C=S) groups is 1. The van der Waals surface area contributed by atoms with Crippen LogP contribution in [0.3, 0.4) is 0 Å². The number of nitrogens with zero attached hydrogens (tertiary/aromatic N) is 2. The van der Waals surface area contributed by atoms with Crippen LogP contribution in [-0.2, 0) is 6.54 Å². The molecule has 146 valence electrons. The average Bonchev–Trinajstić information content (AvgIpc) is 2.60. The van der Waals surface area contributed by atoms with Gasteiger partial charge in [0.15, 0.2) is 10.8 Å². The number of hydrogen-bond acceptors (Lipinski definition) is 4. The second-order valence-electron chi connectivity index (χ2n) is 7.06. The highest BCUT2D eigenvalue weighted by atomic mass is 32.1. The van der Waals surface area contributed by atoms with Gasteiger partial charge < -0.3 is 16.0 Å². The van der Waals surface area contributed by atoms with Crippen molar-refractivity contribution in [3.05, 3.63) is 20.8 Å². The molecular formula is C18H31N5O2S. The Morgan fingerprint density at radius 3 is 2.65 bits per heavy atom. The molecule has 0 bridgehead atoms. The SMILES string of the molecule is CCCCn1c(N)c(N(CC)C(=S)N[C@H]2CCCC[C@@H]2C)c(=O)[nH]c1=O. The molecule has 1 fully saturated rings. The normalized spacial score (nSPS) is 20.0. The minimum Gasteiger partial charge on any atom is -0.383 e. The van der Waals surface area contributed by atoms with Crippen LogP contribution in [0.1, 0.15) is 59.3 Å². The van der Waals surface area contributed by atoms with Crippen LogP contribution < -0.4 is 27.2 Å². The van der Waals surface area contributed by atoms with E-state index in [1.54, 1.807) is 4.90 Å². The zero-order valence-electron chi connectivity index (χ0n) is 16.0. The van der Waals surface area contributed by atoms with E-state index in [1.807, 2.05) is 13.8 Å². The quantitative estimate of drug-likeness (QED) is 0.654. The van der Waals surface area contributed by atoms with Gasteiger partial charge in [0.25, 0.3) is 5.56 Å². The van der Waals surface area contributed by atoms with Gasteiger partial charge >= 0.3 is 5.69 Å². The van der Waals surface area contributed by atoms with E-state index in [-0.39, 0.29) is 11.5 Å². The molecule has 1 aromatic rings. The Bertz CT molecular complexity index is 742. The molecule has 26 heavy (non-hydrogen) atoms. The third-order valence-corrected chi connectivity index (χ3v) is 5.54. The number of rotatable bonds is 6. The van der Waals surface area contributed by atoms with E-state index in [2.05, 4.69) is 17.2 Å². The Balaban J connectivity index is 2.32. The fraction of sp³-hybridized carbons (Fsp3) is 0.722. The lowest BCUT2D eigenvalue weighted by atomic mass is 9.86. The Morgan fingerprint density at radius 2 is 2.04 bits per heavy atom. The first-order valence-corrected chi connectivity index (χ1v) is 10.0. The molecule has 2 atom stereocenters. The van der Waals surface area contributed by atoms with Crippen LogP contribution in [-0.4, -0.2) is 27.3 Å². The summed E-state index contributed by atoms with van der Waals surface area (Å²) in [6.07, 6.45) is 6.42. The smallest absolute Gasteiger partial charge is 0.330 e. The van der Waals surface area contributed by atoms with Gasteiger partial charge in [-0.05, 0) is 44.3 Å². The molecule has 0 radical (unpaired) electrons. The molecular weight excluding hydrogens is 350 g/mol. The first-order valence-electron chi connectivity index (χ1n) is 9.61. The fourth-order valence-corrected chi connectivity index (χ4v) is 3.92. The number of unbranched alkanes of at least 4 members (excludes halogenated alkanes) is 1. The fourth-order valence-electron chi connectivity index (χ4n) is 3.55. The van der Waals surface area contributed by atoms with Crippen molar-refractivity contribution in [1.82, 2.24) is 14.9 Å². The monoisotopic (exact) mass is 381 g/mol. The van der Waals surface area contributed by atoms with Gasteiger partial charge in [-0.25, -0.2) is 4.79 Å². The lowest BCUT2D eigenvalue weighted by Gasteiger charge is -2.34. The summed E-state index contributed by atoms with van der Waals surface area (Å²) in [5, 5.41) is 3.90. The summed E-state index contributed by atoms with van der Waals surface area (Å²) in [7, 11) is 0. The number of H-pyrrole nitrogens is 1. The standard InChI is InChI=1S/C18H31N5O2S/c1-4-6-11-23-15(19)14(16(24)21-17(23)25)22(5-2)18(26)20-13-10-8-7-9-12(13)3/h12-13H,4-11,19H2,1-3H3,(H,20,26)(H,21,24,25)/t12-,13-/m0/s1. The molecule has 1 saturated carbocycles. The summed E-state index contributed by atoms with van der Waals surface area (Å²) < 4.78 is 1.43. The largest absolute Gasteiger partial charge is 0.383 e. The third kappa shape index (κ3) is 4.47. The topological polar surface area (TPSA) is 96.2 Å². The van der Waals surface area contributed by atoms with E-state index in [0.29, 0.717) is 30.2 Å². The van der Waals surface area contributed by atoms with Crippen LogP contribution in [0.15, 0.2) is 9.59 Å². The van der Waals surface area contributed by atoms with Crippen molar-refractivity contribution >= 4 is 28.8 Å². The minimum atomic E-state index is -0.497. The van der Waals surface area contributed by atoms with Gasteiger partial charge in [-0.15, -0.1) is 0 Å². The maximum Gasteiger partial charge on any atom is 0.330 e. The van der Waals surface area contributed by atoms with Crippen LogP contribution in [0.25, 0.3) is 0 Å². The highest BCUT2D eigenvalue weighted by molar-refractivity contribution is 7.80. The summed E-state index contributed by atoms with van der Waals surface area (Å²) in [5.74, 6) is 0.712. The predicted molar refractivity (Wildman–Crippen MR) is 111 cm³/mol. The van der Waals surface area contributed by atoms with Crippen molar-refractivity contribution in [2.24, 2.45) is 5.92 Å². The lowest BCUT2D eigenvalue weighted by molar-refractivity contribution is 0.309. The maximum absolute atomic E-state index is 12.5. The highest BCUT2D eigenvalue weighted by Gasteiger charge is 2.26. The van der Waals surface area contributed by atoms with Crippen molar-refractivity contribution < 1.29 is 0 Å². The summed E-state index contributed by atoms with van der Waals surface area (Å²) in [6, 6.07) is 0.302. The number of aromatic nitrogens is 2. The van der Waals surface area contributed by atoms with Crippen LogP contribution >= 0.6 is 12.2 Å².